The Kier molecular flexibility index (Phi) is 3.48. The van der Waals surface area contributed by atoms with Crippen molar-refractivity contribution in [1.29, 1.82) is 0 Å². The summed E-state index contributed by atoms with van der Waals surface area (Å²) in [6, 6.07) is 0. The molecule has 1 fully saturated rings. The Balaban J connectivity index is 1.82. The normalized spacial score (nSPS) is 15.9. The molecule has 0 unspecified atom stereocenters. The van der Waals surface area contributed by atoms with Crippen LogP contribution in [0.5, 0.6) is 0 Å². The van der Waals surface area contributed by atoms with Gasteiger partial charge < -0.3 is 10.1 Å². The molecule has 2 heterocycles. The van der Waals surface area contributed by atoms with Crippen molar-refractivity contribution in [3.05, 3.63) is 12.5 Å². The molecule has 1 N–H and O–H groups in total. The van der Waals surface area contributed by atoms with Crippen LogP contribution >= 0.6 is 0 Å². The number of nitrogens with one attached hydrogen (secondary N) is 1. The molecule has 0 bridgehead atoms. The van der Waals surface area contributed by atoms with Gasteiger partial charge in [-0.15, -0.1) is 0 Å². The molecule has 0 atom stereocenters. The molecule has 0 saturated heterocycles. The molecule has 0 amide bonds. The zero-order valence-corrected chi connectivity index (χ0v) is 12.3. The fraction of sp³-hybridized carbons (Fsp3) is 0.571. The van der Waals surface area contributed by atoms with E-state index in [4.69, 9.17) is 0 Å². The minimum atomic E-state index is -0.351. The second kappa shape index (κ2) is 5.31. The summed E-state index contributed by atoms with van der Waals surface area (Å²) in [5.41, 5.74) is 1.07. The highest BCUT2D eigenvalue weighted by Gasteiger charge is 2.40. The van der Waals surface area contributed by atoms with E-state index in [1.54, 1.807) is 6.20 Å². The summed E-state index contributed by atoms with van der Waals surface area (Å²) in [5, 5.41) is 8.43. The van der Waals surface area contributed by atoms with E-state index < -0.39 is 0 Å². The molecule has 7 heteroatoms. The first-order valence-electron chi connectivity index (χ1n) is 7.15. The molecule has 0 aliphatic heterocycles. The lowest BCUT2D eigenvalue weighted by Crippen LogP contribution is -2.16. The predicted octanol–water partition coefficient (Wildman–Crippen LogP) is 1.60. The van der Waals surface area contributed by atoms with Crippen LogP contribution in [-0.2, 0) is 16.1 Å². The summed E-state index contributed by atoms with van der Waals surface area (Å²) < 4.78 is 6.19. The van der Waals surface area contributed by atoms with Crippen LogP contribution in [0.25, 0.3) is 11.0 Å². The second-order valence-electron chi connectivity index (χ2n) is 5.55. The lowest BCUT2D eigenvalue weighted by molar-refractivity contribution is -0.141. The molecule has 1 aliphatic rings. The van der Waals surface area contributed by atoms with Gasteiger partial charge >= 0.3 is 5.97 Å². The standard InChI is InChI=1S/C14H19N5O2/c1-3-14(4-5-14)8-15-12-10-6-18-19(7-11(20)21-2)13(10)17-9-16-12/h6,9H,3-5,7-8H2,1-2H3,(H,15,16,17). The molecular weight excluding hydrogens is 270 g/mol. The number of esters is 1. The van der Waals surface area contributed by atoms with Gasteiger partial charge in [0.1, 0.15) is 18.7 Å². The molecule has 21 heavy (non-hydrogen) atoms. The van der Waals surface area contributed by atoms with Crippen LogP contribution in [0.1, 0.15) is 26.2 Å². The summed E-state index contributed by atoms with van der Waals surface area (Å²) in [5.74, 6) is 0.423. The maximum absolute atomic E-state index is 11.4. The lowest BCUT2D eigenvalue weighted by atomic mass is 10.0. The molecule has 2 aromatic rings. The number of hydrogen-bond acceptors (Lipinski definition) is 6. The van der Waals surface area contributed by atoms with Crippen LogP contribution < -0.4 is 5.32 Å². The molecule has 0 aromatic carbocycles. The molecule has 1 aliphatic carbocycles. The van der Waals surface area contributed by atoms with Crippen LogP contribution in [0.4, 0.5) is 5.82 Å². The quantitative estimate of drug-likeness (QED) is 0.813. The molecule has 0 radical (unpaired) electrons. The van der Waals surface area contributed by atoms with E-state index in [-0.39, 0.29) is 12.5 Å². The van der Waals surface area contributed by atoms with Gasteiger partial charge in [-0.05, 0) is 24.7 Å². The number of aromatic nitrogens is 4. The van der Waals surface area contributed by atoms with E-state index in [1.165, 1.54) is 37.4 Å². The van der Waals surface area contributed by atoms with E-state index in [2.05, 4.69) is 32.0 Å². The monoisotopic (exact) mass is 289 g/mol. The Morgan fingerprint density at radius 3 is 2.95 bits per heavy atom. The number of carbonyl (C=O) groups excluding carboxylic acids is 1. The van der Waals surface area contributed by atoms with Crippen molar-refractivity contribution in [2.45, 2.75) is 32.7 Å². The topological polar surface area (TPSA) is 81.9 Å². The van der Waals surface area contributed by atoms with Crippen molar-refractivity contribution in [2.75, 3.05) is 19.0 Å². The summed E-state index contributed by atoms with van der Waals surface area (Å²) in [7, 11) is 1.36. The van der Waals surface area contributed by atoms with Gasteiger partial charge in [0.15, 0.2) is 5.65 Å². The Morgan fingerprint density at radius 1 is 1.48 bits per heavy atom. The average Bonchev–Trinajstić information content (AvgIpc) is 3.19. The number of anilines is 1. The Hall–Kier alpha value is -2.18. The number of fused-ring (bicyclic) bond motifs is 1. The first kappa shape index (κ1) is 13.8. The van der Waals surface area contributed by atoms with E-state index in [1.807, 2.05) is 0 Å². The third-order valence-corrected chi connectivity index (χ3v) is 4.28. The smallest absolute Gasteiger partial charge is 0.327 e. The lowest BCUT2D eigenvalue weighted by Gasteiger charge is -2.14. The molecule has 112 valence electrons. The Bertz CT molecular complexity index is 662. The van der Waals surface area contributed by atoms with Gasteiger partial charge in [0.05, 0.1) is 18.7 Å². The highest BCUT2D eigenvalue weighted by atomic mass is 16.5. The number of nitrogens with zero attached hydrogens (tertiary/aromatic N) is 4. The van der Waals surface area contributed by atoms with Crippen molar-refractivity contribution in [2.24, 2.45) is 5.41 Å². The fourth-order valence-electron chi connectivity index (χ4n) is 2.44. The van der Waals surface area contributed by atoms with Crippen LogP contribution in [0, 0.1) is 5.41 Å². The van der Waals surface area contributed by atoms with E-state index in [0.29, 0.717) is 11.1 Å². The number of methoxy groups -OCH3 is 1. The zero-order valence-electron chi connectivity index (χ0n) is 12.3. The number of carbonyl (C=O) groups is 1. The minimum Gasteiger partial charge on any atom is -0.468 e. The maximum atomic E-state index is 11.4. The Morgan fingerprint density at radius 2 is 2.29 bits per heavy atom. The van der Waals surface area contributed by atoms with Crippen molar-refractivity contribution in [1.82, 2.24) is 19.7 Å². The van der Waals surface area contributed by atoms with E-state index >= 15 is 0 Å². The van der Waals surface area contributed by atoms with E-state index in [9.17, 15) is 4.79 Å². The third kappa shape index (κ3) is 2.68. The fourth-order valence-corrected chi connectivity index (χ4v) is 2.44. The summed E-state index contributed by atoms with van der Waals surface area (Å²) in [6.07, 6.45) is 6.90. The van der Waals surface area contributed by atoms with Crippen LogP contribution in [0.2, 0.25) is 0 Å². The van der Waals surface area contributed by atoms with Gasteiger partial charge in [-0.1, -0.05) is 6.92 Å². The molecule has 3 rings (SSSR count). The van der Waals surface area contributed by atoms with Crippen molar-refractivity contribution >= 4 is 22.8 Å². The maximum Gasteiger partial charge on any atom is 0.327 e. The van der Waals surface area contributed by atoms with Crippen LogP contribution in [0.3, 0.4) is 0 Å². The van der Waals surface area contributed by atoms with Crippen molar-refractivity contribution in [3.8, 4) is 0 Å². The molecule has 1 saturated carbocycles. The number of ether oxygens (including phenoxy) is 1. The first-order chi connectivity index (χ1) is 10.2. The molecule has 0 spiro atoms. The summed E-state index contributed by atoms with van der Waals surface area (Å²) in [6.45, 7) is 3.19. The average molecular weight is 289 g/mol. The molecule has 2 aromatic heterocycles. The van der Waals surface area contributed by atoms with Crippen LogP contribution in [0.15, 0.2) is 12.5 Å². The summed E-state index contributed by atoms with van der Waals surface area (Å²) >= 11 is 0. The third-order valence-electron chi connectivity index (χ3n) is 4.28. The van der Waals surface area contributed by atoms with Gasteiger partial charge in [-0.3, -0.25) is 4.79 Å². The highest BCUT2D eigenvalue weighted by Crippen LogP contribution is 2.48. The zero-order chi connectivity index (χ0) is 14.9. The minimum absolute atomic E-state index is 0.0509. The SMILES string of the molecule is CCC1(CNc2ncnc3c2cnn3CC(=O)OC)CC1. The predicted molar refractivity (Wildman–Crippen MR) is 77.8 cm³/mol. The van der Waals surface area contributed by atoms with Crippen molar-refractivity contribution in [3.63, 3.8) is 0 Å². The second-order valence-corrected chi connectivity index (χ2v) is 5.55. The Labute approximate surface area is 122 Å². The number of rotatable bonds is 6. The van der Waals surface area contributed by atoms with Gasteiger partial charge in [0, 0.05) is 6.54 Å². The largest absolute Gasteiger partial charge is 0.468 e. The number of hydrogen-bond donors (Lipinski definition) is 1. The molecule has 7 nitrogen and oxygen atoms in total. The van der Waals surface area contributed by atoms with Crippen LogP contribution in [-0.4, -0.2) is 39.4 Å². The van der Waals surface area contributed by atoms with Gasteiger partial charge in [0.25, 0.3) is 0 Å². The van der Waals surface area contributed by atoms with Crippen molar-refractivity contribution < 1.29 is 9.53 Å². The first-order valence-corrected chi connectivity index (χ1v) is 7.15. The van der Waals surface area contributed by atoms with E-state index in [0.717, 1.165) is 17.7 Å². The molecular formula is C14H19N5O2. The highest BCUT2D eigenvalue weighted by molar-refractivity contribution is 5.86. The summed E-state index contributed by atoms with van der Waals surface area (Å²) in [4.78, 5) is 19.9. The van der Waals surface area contributed by atoms with Gasteiger partial charge in [0.2, 0.25) is 0 Å². The van der Waals surface area contributed by atoms with Gasteiger partial charge in [-0.2, -0.15) is 5.10 Å². The van der Waals surface area contributed by atoms with Gasteiger partial charge in [-0.25, -0.2) is 14.6 Å².